The second-order valence-corrected chi connectivity index (χ2v) is 4.29. The number of aromatic nitrogens is 2. The van der Waals surface area contributed by atoms with Gasteiger partial charge in [0.25, 0.3) is 5.91 Å². The first kappa shape index (κ1) is 10.4. The van der Waals surface area contributed by atoms with Crippen LogP contribution < -0.4 is 5.32 Å². The zero-order valence-electron chi connectivity index (χ0n) is 8.96. The molecule has 0 atom stereocenters. The van der Waals surface area contributed by atoms with E-state index in [0.29, 0.717) is 17.1 Å². The number of aromatic amines is 1. The van der Waals surface area contributed by atoms with Gasteiger partial charge in [0, 0.05) is 36.6 Å². The number of nitrogens with zero attached hydrogens (tertiary/aromatic N) is 1. The van der Waals surface area contributed by atoms with Crippen LogP contribution in [0.5, 0.6) is 0 Å². The van der Waals surface area contributed by atoms with Crippen LogP contribution in [0.2, 0.25) is 5.02 Å². The molecule has 1 amide bonds. The minimum absolute atomic E-state index is 0.104. The number of rotatable bonds is 1. The molecule has 17 heavy (non-hydrogen) atoms. The fourth-order valence-corrected chi connectivity index (χ4v) is 2.41. The van der Waals surface area contributed by atoms with Gasteiger partial charge in [-0.2, -0.15) is 0 Å². The Kier molecular flexibility index (Phi) is 2.37. The van der Waals surface area contributed by atoms with Crippen molar-refractivity contribution >= 4 is 17.5 Å². The monoisotopic (exact) mass is 247 g/mol. The lowest BCUT2D eigenvalue weighted by molar-refractivity contribution is 0.0946. The molecular weight excluding hydrogens is 238 g/mol. The molecule has 0 unspecified atom stereocenters. The second kappa shape index (κ2) is 3.89. The van der Waals surface area contributed by atoms with Crippen LogP contribution in [-0.2, 0) is 6.42 Å². The number of carbonyl (C=O) groups excluding carboxylic acids is 1. The first-order chi connectivity index (χ1) is 8.27. The van der Waals surface area contributed by atoms with Crippen molar-refractivity contribution in [3.8, 4) is 11.3 Å². The van der Waals surface area contributed by atoms with E-state index in [-0.39, 0.29) is 5.91 Å². The molecule has 0 aromatic carbocycles. The fraction of sp³-hybridized carbons (Fsp3) is 0.167. The van der Waals surface area contributed by atoms with Gasteiger partial charge in [0.1, 0.15) is 0 Å². The predicted molar refractivity (Wildman–Crippen MR) is 65.1 cm³/mol. The second-order valence-electron chi connectivity index (χ2n) is 3.91. The zero-order chi connectivity index (χ0) is 11.8. The SMILES string of the molecule is O=C1NCCc2[nH]c(-c3ccncc3)c(Cl)c21. The van der Waals surface area contributed by atoms with E-state index in [1.165, 1.54) is 0 Å². The van der Waals surface area contributed by atoms with Gasteiger partial charge in [-0.25, -0.2) is 0 Å². The average molecular weight is 248 g/mol. The Labute approximate surface area is 103 Å². The average Bonchev–Trinajstić information content (AvgIpc) is 2.69. The minimum Gasteiger partial charge on any atom is -0.356 e. The Balaban J connectivity index is 2.17. The number of carbonyl (C=O) groups is 1. The Morgan fingerprint density at radius 2 is 2.06 bits per heavy atom. The van der Waals surface area contributed by atoms with Gasteiger partial charge >= 0.3 is 0 Å². The number of hydrogen-bond donors (Lipinski definition) is 2. The molecular formula is C12H10ClN3O. The van der Waals surface area contributed by atoms with Gasteiger partial charge in [-0.3, -0.25) is 9.78 Å². The lowest BCUT2D eigenvalue weighted by Crippen LogP contribution is -2.31. The molecule has 86 valence electrons. The van der Waals surface area contributed by atoms with E-state index in [9.17, 15) is 4.79 Å². The van der Waals surface area contributed by atoms with Crippen LogP contribution in [0.3, 0.4) is 0 Å². The largest absolute Gasteiger partial charge is 0.356 e. The van der Waals surface area contributed by atoms with Gasteiger partial charge in [0.15, 0.2) is 0 Å². The van der Waals surface area contributed by atoms with Crippen molar-refractivity contribution in [1.82, 2.24) is 15.3 Å². The van der Waals surface area contributed by atoms with Crippen molar-refractivity contribution in [2.75, 3.05) is 6.54 Å². The molecule has 1 aliphatic rings. The maximum Gasteiger partial charge on any atom is 0.254 e. The fourth-order valence-electron chi connectivity index (χ4n) is 2.06. The summed E-state index contributed by atoms with van der Waals surface area (Å²) in [7, 11) is 0. The summed E-state index contributed by atoms with van der Waals surface area (Å²) in [4.78, 5) is 18.9. The highest BCUT2D eigenvalue weighted by molar-refractivity contribution is 6.36. The van der Waals surface area contributed by atoms with Crippen molar-refractivity contribution in [3.63, 3.8) is 0 Å². The van der Waals surface area contributed by atoms with Crippen LogP contribution in [-0.4, -0.2) is 22.4 Å². The number of nitrogens with one attached hydrogen (secondary N) is 2. The van der Waals surface area contributed by atoms with Crippen LogP contribution in [0.4, 0.5) is 0 Å². The first-order valence-electron chi connectivity index (χ1n) is 5.36. The molecule has 3 heterocycles. The molecule has 2 aromatic rings. The Bertz CT molecular complexity index is 577. The van der Waals surface area contributed by atoms with Crippen LogP contribution in [0.1, 0.15) is 16.1 Å². The predicted octanol–water partition coefficient (Wildman–Crippen LogP) is 2.02. The van der Waals surface area contributed by atoms with Gasteiger partial charge in [-0.05, 0) is 12.1 Å². The van der Waals surface area contributed by atoms with Crippen molar-refractivity contribution in [2.24, 2.45) is 0 Å². The molecule has 0 saturated carbocycles. The molecule has 4 nitrogen and oxygen atoms in total. The van der Waals surface area contributed by atoms with Crippen LogP contribution in [0.15, 0.2) is 24.5 Å². The number of pyridine rings is 1. The Morgan fingerprint density at radius 1 is 1.29 bits per heavy atom. The lowest BCUT2D eigenvalue weighted by atomic mass is 10.1. The number of hydrogen-bond acceptors (Lipinski definition) is 2. The lowest BCUT2D eigenvalue weighted by Gasteiger charge is -2.11. The van der Waals surface area contributed by atoms with Crippen molar-refractivity contribution in [2.45, 2.75) is 6.42 Å². The summed E-state index contributed by atoms with van der Waals surface area (Å²) in [5.41, 5.74) is 3.21. The molecule has 0 aliphatic carbocycles. The summed E-state index contributed by atoms with van der Waals surface area (Å²) in [5, 5.41) is 3.28. The number of amides is 1. The molecule has 0 fully saturated rings. The summed E-state index contributed by atoms with van der Waals surface area (Å²) in [6.07, 6.45) is 4.18. The van der Waals surface area contributed by atoms with Crippen molar-refractivity contribution in [1.29, 1.82) is 0 Å². The van der Waals surface area contributed by atoms with Crippen molar-refractivity contribution < 1.29 is 4.79 Å². The van der Waals surface area contributed by atoms with Crippen LogP contribution in [0.25, 0.3) is 11.3 Å². The van der Waals surface area contributed by atoms with E-state index in [1.807, 2.05) is 12.1 Å². The topological polar surface area (TPSA) is 57.8 Å². The third-order valence-electron chi connectivity index (χ3n) is 2.87. The normalized spacial score (nSPS) is 14.3. The van der Waals surface area contributed by atoms with Gasteiger partial charge in [0.05, 0.1) is 16.3 Å². The highest BCUT2D eigenvalue weighted by Gasteiger charge is 2.25. The molecule has 0 spiro atoms. The standard InChI is InChI=1S/C12H10ClN3O/c13-10-9-8(3-6-15-12(9)17)16-11(10)7-1-4-14-5-2-7/h1-2,4-5,16H,3,6H2,(H,15,17). The molecule has 1 aliphatic heterocycles. The van der Waals surface area contributed by atoms with E-state index in [4.69, 9.17) is 11.6 Å². The van der Waals surface area contributed by atoms with Gasteiger partial charge < -0.3 is 10.3 Å². The highest BCUT2D eigenvalue weighted by Crippen LogP contribution is 2.33. The molecule has 0 bridgehead atoms. The van der Waals surface area contributed by atoms with E-state index in [0.717, 1.165) is 23.4 Å². The first-order valence-corrected chi connectivity index (χ1v) is 5.74. The van der Waals surface area contributed by atoms with E-state index >= 15 is 0 Å². The maximum absolute atomic E-state index is 11.7. The summed E-state index contributed by atoms with van der Waals surface area (Å²) in [5.74, 6) is -0.104. The van der Waals surface area contributed by atoms with E-state index in [2.05, 4.69) is 15.3 Å². The molecule has 2 aromatic heterocycles. The van der Waals surface area contributed by atoms with Crippen LogP contribution >= 0.6 is 11.6 Å². The molecule has 3 rings (SSSR count). The third-order valence-corrected chi connectivity index (χ3v) is 3.25. The molecule has 2 N–H and O–H groups in total. The summed E-state index contributed by atoms with van der Waals surface area (Å²) in [6.45, 7) is 0.651. The molecule has 0 radical (unpaired) electrons. The summed E-state index contributed by atoms with van der Waals surface area (Å²) >= 11 is 6.26. The number of H-pyrrole nitrogens is 1. The van der Waals surface area contributed by atoms with E-state index < -0.39 is 0 Å². The number of fused-ring (bicyclic) bond motifs is 1. The third kappa shape index (κ3) is 1.61. The summed E-state index contributed by atoms with van der Waals surface area (Å²) < 4.78 is 0. The molecule has 0 saturated heterocycles. The Morgan fingerprint density at radius 3 is 2.76 bits per heavy atom. The Hall–Kier alpha value is -1.81. The quantitative estimate of drug-likeness (QED) is 0.810. The zero-order valence-corrected chi connectivity index (χ0v) is 9.71. The van der Waals surface area contributed by atoms with Gasteiger partial charge in [0.2, 0.25) is 0 Å². The maximum atomic E-state index is 11.7. The van der Waals surface area contributed by atoms with Gasteiger partial charge in [-0.1, -0.05) is 11.6 Å². The van der Waals surface area contributed by atoms with Crippen molar-refractivity contribution in [3.05, 3.63) is 40.8 Å². The van der Waals surface area contributed by atoms with Crippen LogP contribution in [0, 0.1) is 0 Å². The minimum atomic E-state index is -0.104. The smallest absolute Gasteiger partial charge is 0.254 e. The molecule has 5 heteroatoms. The highest BCUT2D eigenvalue weighted by atomic mass is 35.5. The van der Waals surface area contributed by atoms with E-state index in [1.54, 1.807) is 12.4 Å². The number of halogens is 1. The van der Waals surface area contributed by atoms with Gasteiger partial charge in [-0.15, -0.1) is 0 Å². The summed E-state index contributed by atoms with van der Waals surface area (Å²) in [6, 6.07) is 3.72.